The molecule has 0 atom stereocenters. The zero-order valence-corrected chi connectivity index (χ0v) is 11.6. The number of aryl methyl sites for hydroxylation is 1. The van der Waals surface area contributed by atoms with E-state index in [4.69, 9.17) is 10.00 Å². The van der Waals surface area contributed by atoms with Crippen LogP contribution < -0.4 is 4.74 Å². The van der Waals surface area contributed by atoms with Crippen LogP contribution in [0.1, 0.15) is 23.9 Å². The van der Waals surface area contributed by atoms with Crippen LogP contribution in [-0.4, -0.2) is 11.2 Å². The first-order valence-electron chi connectivity index (χ1n) is 6.45. The lowest BCUT2D eigenvalue weighted by molar-refractivity contribution is 0.340. The fourth-order valence-electron chi connectivity index (χ4n) is 2.35. The topological polar surface area (TPSA) is 38.0 Å². The third-order valence-electron chi connectivity index (χ3n) is 3.21. The molecule has 0 aliphatic heterocycles. The van der Waals surface area contributed by atoms with Crippen molar-refractivity contribution in [3.05, 3.63) is 47.3 Å². The van der Waals surface area contributed by atoms with Gasteiger partial charge in [-0.25, -0.2) is 0 Å². The van der Waals surface area contributed by atoms with E-state index in [1.54, 1.807) is 0 Å². The van der Waals surface area contributed by atoms with Gasteiger partial charge in [-0.05, 0) is 56.7 Å². The maximum atomic E-state index is 8.83. The maximum absolute atomic E-state index is 8.83. The number of ether oxygens (including phenoxy) is 1. The fraction of sp³-hybridized carbons (Fsp3) is 0.312. The second-order valence-electron chi connectivity index (χ2n) is 4.49. The zero-order chi connectivity index (χ0) is 13.8. The SMILES string of the molecule is CCOc1ccc(-n2c(C)cc(CC#N)c2C)cc1. The standard InChI is InChI=1S/C16H18N2O/c1-4-19-16-7-5-15(6-8-16)18-12(2)11-14(9-10-17)13(18)3/h5-8,11H,4,9H2,1-3H3. The van der Waals surface area contributed by atoms with Crippen LogP contribution in [0.3, 0.4) is 0 Å². The molecule has 0 saturated heterocycles. The van der Waals surface area contributed by atoms with Gasteiger partial charge in [-0.2, -0.15) is 5.26 Å². The van der Waals surface area contributed by atoms with Crippen LogP contribution in [0.2, 0.25) is 0 Å². The number of nitriles is 1. The highest BCUT2D eigenvalue weighted by molar-refractivity contribution is 5.44. The van der Waals surface area contributed by atoms with Crippen molar-refractivity contribution < 1.29 is 4.74 Å². The molecule has 0 unspecified atom stereocenters. The summed E-state index contributed by atoms with van der Waals surface area (Å²) >= 11 is 0. The Bertz CT molecular complexity index is 603. The van der Waals surface area contributed by atoms with E-state index in [0.29, 0.717) is 13.0 Å². The Morgan fingerprint density at radius 1 is 1.21 bits per heavy atom. The number of aromatic nitrogens is 1. The summed E-state index contributed by atoms with van der Waals surface area (Å²) in [5.41, 5.74) is 4.46. The minimum atomic E-state index is 0.455. The van der Waals surface area contributed by atoms with Crippen LogP contribution in [0.4, 0.5) is 0 Å². The van der Waals surface area contributed by atoms with Gasteiger partial charge in [0.1, 0.15) is 5.75 Å². The molecule has 1 heterocycles. The summed E-state index contributed by atoms with van der Waals surface area (Å²) in [7, 11) is 0. The molecule has 2 rings (SSSR count). The van der Waals surface area contributed by atoms with Crippen molar-refractivity contribution >= 4 is 0 Å². The molecule has 0 spiro atoms. The number of hydrogen-bond acceptors (Lipinski definition) is 2. The monoisotopic (exact) mass is 254 g/mol. The Balaban J connectivity index is 2.39. The molecular formula is C16H18N2O. The van der Waals surface area contributed by atoms with Gasteiger partial charge in [0.2, 0.25) is 0 Å². The van der Waals surface area contributed by atoms with Gasteiger partial charge in [-0.1, -0.05) is 0 Å². The molecule has 1 aromatic carbocycles. The minimum absolute atomic E-state index is 0.455. The van der Waals surface area contributed by atoms with Crippen molar-refractivity contribution in [1.82, 2.24) is 4.57 Å². The van der Waals surface area contributed by atoms with Gasteiger partial charge in [-0.3, -0.25) is 0 Å². The molecule has 0 bridgehead atoms. The summed E-state index contributed by atoms with van der Waals surface area (Å²) in [6.45, 7) is 6.76. The van der Waals surface area contributed by atoms with Gasteiger partial charge in [-0.15, -0.1) is 0 Å². The summed E-state index contributed by atoms with van der Waals surface area (Å²) in [6.07, 6.45) is 0.455. The first-order chi connectivity index (χ1) is 9.17. The Hall–Kier alpha value is -2.21. The van der Waals surface area contributed by atoms with Gasteiger partial charge >= 0.3 is 0 Å². The van der Waals surface area contributed by atoms with Gasteiger partial charge in [0.05, 0.1) is 19.1 Å². The van der Waals surface area contributed by atoms with Crippen LogP contribution in [-0.2, 0) is 6.42 Å². The minimum Gasteiger partial charge on any atom is -0.494 e. The second-order valence-corrected chi connectivity index (χ2v) is 4.49. The van der Waals surface area contributed by atoms with Gasteiger partial charge in [0.15, 0.2) is 0 Å². The highest BCUT2D eigenvalue weighted by Gasteiger charge is 2.10. The molecule has 1 aromatic heterocycles. The van der Waals surface area contributed by atoms with E-state index in [1.165, 1.54) is 0 Å². The van der Waals surface area contributed by atoms with Crippen molar-refractivity contribution in [3.63, 3.8) is 0 Å². The van der Waals surface area contributed by atoms with Crippen molar-refractivity contribution in [3.8, 4) is 17.5 Å². The highest BCUT2D eigenvalue weighted by atomic mass is 16.5. The summed E-state index contributed by atoms with van der Waals surface area (Å²) in [5.74, 6) is 0.881. The average molecular weight is 254 g/mol. The summed E-state index contributed by atoms with van der Waals surface area (Å²) in [6, 6.07) is 12.3. The third-order valence-corrected chi connectivity index (χ3v) is 3.21. The van der Waals surface area contributed by atoms with E-state index >= 15 is 0 Å². The highest BCUT2D eigenvalue weighted by Crippen LogP contribution is 2.23. The van der Waals surface area contributed by atoms with E-state index in [2.05, 4.69) is 30.6 Å². The average Bonchev–Trinajstić information content (AvgIpc) is 2.67. The molecule has 0 aliphatic carbocycles. The largest absolute Gasteiger partial charge is 0.494 e. The second kappa shape index (κ2) is 5.62. The van der Waals surface area contributed by atoms with E-state index in [0.717, 1.165) is 28.4 Å². The Morgan fingerprint density at radius 2 is 1.89 bits per heavy atom. The van der Waals surface area contributed by atoms with Crippen LogP contribution in [0, 0.1) is 25.2 Å². The van der Waals surface area contributed by atoms with Crippen LogP contribution in [0.25, 0.3) is 5.69 Å². The predicted octanol–water partition coefficient (Wildman–Crippen LogP) is 3.56. The lowest BCUT2D eigenvalue weighted by Gasteiger charge is -2.11. The molecule has 0 aliphatic rings. The van der Waals surface area contributed by atoms with E-state index in [1.807, 2.05) is 31.2 Å². The lowest BCUT2D eigenvalue weighted by atomic mass is 10.2. The quantitative estimate of drug-likeness (QED) is 0.836. The first kappa shape index (κ1) is 13.2. The van der Waals surface area contributed by atoms with Crippen molar-refractivity contribution in [2.24, 2.45) is 0 Å². The van der Waals surface area contributed by atoms with Crippen LogP contribution in [0.5, 0.6) is 5.75 Å². The van der Waals surface area contributed by atoms with E-state index < -0.39 is 0 Å². The molecule has 3 heteroatoms. The molecular weight excluding hydrogens is 236 g/mol. The van der Waals surface area contributed by atoms with E-state index in [9.17, 15) is 0 Å². The molecule has 0 radical (unpaired) electrons. The first-order valence-corrected chi connectivity index (χ1v) is 6.45. The third kappa shape index (κ3) is 2.63. The number of rotatable bonds is 4. The molecule has 0 amide bonds. The molecule has 0 N–H and O–H groups in total. The molecule has 3 nitrogen and oxygen atoms in total. The van der Waals surface area contributed by atoms with Gasteiger partial charge < -0.3 is 9.30 Å². The summed E-state index contributed by atoms with van der Waals surface area (Å²) in [4.78, 5) is 0. The Kier molecular flexibility index (Phi) is 3.91. The maximum Gasteiger partial charge on any atom is 0.119 e. The lowest BCUT2D eigenvalue weighted by Crippen LogP contribution is -2.00. The molecule has 0 saturated carbocycles. The van der Waals surface area contributed by atoms with Gasteiger partial charge in [0, 0.05) is 17.1 Å². The van der Waals surface area contributed by atoms with Gasteiger partial charge in [0.25, 0.3) is 0 Å². The van der Waals surface area contributed by atoms with Crippen molar-refractivity contribution in [2.75, 3.05) is 6.61 Å². The summed E-state index contributed by atoms with van der Waals surface area (Å²) in [5, 5.41) is 8.83. The molecule has 2 aromatic rings. The molecule has 98 valence electrons. The normalized spacial score (nSPS) is 10.2. The number of hydrogen-bond donors (Lipinski definition) is 0. The zero-order valence-electron chi connectivity index (χ0n) is 11.6. The van der Waals surface area contributed by atoms with Crippen molar-refractivity contribution in [1.29, 1.82) is 5.26 Å². The Morgan fingerprint density at radius 3 is 2.47 bits per heavy atom. The smallest absolute Gasteiger partial charge is 0.119 e. The summed E-state index contributed by atoms with van der Waals surface area (Å²) < 4.78 is 7.62. The number of benzene rings is 1. The Labute approximate surface area is 114 Å². The van der Waals surface area contributed by atoms with Crippen LogP contribution in [0.15, 0.2) is 30.3 Å². The number of nitrogens with zero attached hydrogens (tertiary/aromatic N) is 2. The molecule has 0 fully saturated rings. The van der Waals surface area contributed by atoms with Crippen LogP contribution >= 0.6 is 0 Å². The predicted molar refractivity (Wildman–Crippen MR) is 75.7 cm³/mol. The van der Waals surface area contributed by atoms with E-state index in [-0.39, 0.29) is 0 Å². The van der Waals surface area contributed by atoms with Crippen molar-refractivity contribution in [2.45, 2.75) is 27.2 Å². The fourth-order valence-corrected chi connectivity index (χ4v) is 2.35. The molecule has 19 heavy (non-hydrogen) atoms.